The number of hydrogen-bond donors (Lipinski definition) is 3. The molecular weight excluding hydrogens is 238 g/mol. The number of urea groups is 1. The molecule has 0 bridgehead atoms. The molecule has 3 N–H and O–H groups in total. The molecule has 0 aromatic heterocycles. The van der Waals surface area contributed by atoms with Crippen LogP contribution in [0.2, 0.25) is 0 Å². The molecule has 0 radical (unpaired) electrons. The molecule has 18 heavy (non-hydrogen) atoms. The lowest BCUT2D eigenvalue weighted by atomic mass is 10.1. The molecule has 1 heterocycles. The van der Waals surface area contributed by atoms with Crippen molar-refractivity contribution in [3.63, 3.8) is 0 Å². The fourth-order valence-electron chi connectivity index (χ4n) is 2.08. The van der Waals surface area contributed by atoms with E-state index in [1.54, 1.807) is 4.90 Å². The predicted octanol–water partition coefficient (Wildman–Crippen LogP) is -0.373. The Kier molecular flexibility index (Phi) is 4.94. The van der Waals surface area contributed by atoms with E-state index < -0.39 is 18.4 Å². The van der Waals surface area contributed by atoms with Crippen LogP contribution >= 0.6 is 0 Å². The summed E-state index contributed by atoms with van der Waals surface area (Å²) in [6, 6.07) is -0.112. The van der Waals surface area contributed by atoms with Crippen molar-refractivity contribution in [3.8, 4) is 0 Å². The highest BCUT2D eigenvalue weighted by atomic mass is 16.4. The van der Waals surface area contributed by atoms with Gasteiger partial charge in [0, 0.05) is 12.6 Å². The number of aliphatic carboxylic acids is 1. The van der Waals surface area contributed by atoms with Crippen molar-refractivity contribution in [2.75, 3.05) is 19.6 Å². The Morgan fingerprint density at radius 2 is 1.89 bits per heavy atom. The first-order valence-corrected chi connectivity index (χ1v) is 5.93. The van der Waals surface area contributed by atoms with Crippen LogP contribution in [-0.2, 0) is 9.59 Å². The van der Waals surface area contributed by atoms with Crippen LogP contribution in [-0.4, -0.2) is 53.6 Å². The van der Waals surface area contributed by atoms with Crippen LogP contribution in [0.25, 0.3) is 0 Å². The lowest BCUT2D eigenvalue weighted by molar-refractivity contribution is -0.137. The zero-order valence-corrected chi connectivity index (χ0v) is 10.6. The number of carbonyl (C=O) groups excluding carboxylic acids is 2. The first-order chi connectivity index (χ1) is 8.40. The van der Waals surface area contributed by atoms with Crippen molar-refractivity contribution >= 4 is 17.9 Å². The van der Waals surface area contributed by atoms with Gasteiger partial charge < -0.3 is 20.6 Å². The lowest BCUT2D eigenvalue weighted by Crippen LogP contribution is -2.46. The number of carboxylic acids is 1. The van der Waals surface area contributed by atoms with Gasteiger partial charge >= 0.3 is 12.0 Å². The fourth-order valence-corrected chi connectivity index (χ4v) is 2.08. The van der Waals surface area contributed by atoms with Gasteiger partial charge in [-0.3, -0.25) is 9.59 Å². The zero-order chi connectivity index (χ0) is 13.7. The van der Waals surface area contributed by atoms with Gasteiger partial charge in [0.25, 0.3) is 0 Å². The third-order valence-corrected chi connectivity index (χ3v) is 2.88. The summed E-state index contributed by atoms with van der Waals surface area (Å²) in [7, 11) is 0. The van der Waals surface area contributed by atoms with Gasteiger partial charge in [-0.15, -0.1) is 0 Å². The summed E-state index contributed by atoms with van der Waals surface area (Å²) in [6.07, 6.45) is 0.957. The molecule has 2 atom stereocenters. The van der Waals surface area contributed by atoms with Crippen molar-refractivity contribution in [2.24, 2.45) is 5.92 Å². The first-order valence-electron chi connectivity index (χ1n) is 5.93. The van der Waals surface area contributed by atoms with Crippen LogP contribution < -0.4 is 10.6 Å². The van der Waals surface area contributed by atoms with E-state index in [2.05, 4.69) is 17.6 Å². The Morgan fingerprint density at radius 1 is 1.22 bits per heavy atom. The van der Waals surface area contributed by atoms with E-state index in [4.69, 9.17) is 5.11 Å². The highest BCUT2D eigenvalue weighted by Crippen LogP contribution is 2.21. The van der Waals surface area contributed by atoms with E-state index in [9.17, 15) is 14.4 Å². The predicted molar refractivity (Wildman–Crippen MR) is 64.0 cm³/mol. The topological polar surface area (TPSA) is 98.7 Å². The summed E-state index contributed by atoms with van der Waals surface area (Å²) in [5, 5.41) is 13.0. The highest BCUT2D eigenvalue weighted by molar-refractivity contribution is 5.86. The Bertz CT molecular complexity index is 345. The van der Waals surface area contributed by atoms with Gasteiger partial charge in [-0.2, -0.15) is 0 Å². The minimum atomic E-state index is -1.11. The van der Waals surface area contributed by atoms with E-state index in [0.717, 1.165) is 6.42 Å². The van der Waals surface area contributed by atoms with Crippen LogP contribution in [0.5, 0.6) is 0 Å². The van der Waals surface area contributed by atoms with Crippen molar-refractivity contribution in [1.82, 2.24) is 15.5 Å². The van der Waals surface area contributed by atoms with Crippen LogP contribution in [0, 0.1) is 5.92 Å². The quantitative estimate of drug-likeness (QED) is 0.639. The number of nitrogens with zero attached hydrogens (tertiary/aromatic N) is 1. The molecule has 2 unspecified atom stereocenters. The average Bonchev–Trinajstić information content (AvgIpc) is 2.62. The Hall–Kier alpha value is -1.79. The largest absolute Gasteiger partial charge is 0.480 e. The van der Waals surface area contributed by atoms with Crippen LogP contribution in [0.3, 0.4) is 0 Å². The molecule has 7 heteroatoms. The van der Waals surface area contributed by atoms with Gasteiger partial charge in [0.05, 0.1) is 6.54 Å². The van der Waals surface area contributed by atoms with Crippen molar-refractivity contribution in [2.45, 2.75) is 26.3 Å². The third kappa shape index (κ3) is 4.23. The number of carboxylic acid groups (broad SMARTS) is 1. The van der Waals surface area contributed by atoms with Crippen LogP contribution in [0.15, 0.2) is 0 Å². The number of nitrogens with one attached hydrogen (secondary N) is 2. The average molecular weight is 257 g/mol. The molecule has 0 aliphatic carbocycles. The number of amides is 3. The summed E-state index contributed by atoms with van der Waals surface area (Å²) in [6.45, 7) is 4.08. The molecule has 0 aromatic rings. The number of hydrogen-bond acceptors (Lipinski definition) is 3. The normalized spacial score (nSPS) is 22.7. The van der Waals surface area contributed by atoms with E-state index in [1.165, 1.54) is 0 Å². The summed E-state index contributed by atoms with van der Waals surface area (Å²) in [5.41, 5.74) is 0. The van der Waals surface area contributed by atoms with Gasteiger partial charge in [0.15, 0.2) is 0 Å². The van der Waals surface area contributed by atoms with Gasteiger partial charge in [-0.05, 0) is 19.3 Å². The van der Waals surface area contributed by atoms with E-state index >= 15 is 0 Å². The fraction of sp³-hybridized carbons (Fsp3) is 0.727. The van der Waals surface area contributed by atoms with Crippen molar-refractivity contribution < 1.29 is 19.5 Å². The Labute approximate surface area is 106 Å². The second-order valence-electron chi connectivity index (χ2n) is 4.67. The van der Waals surface area contributed by atoms with Crippen molar-refractivity contribution in [1.29, 1.82) is 0 Å². The zero-order valence-electron chi connectivity index (χ0n) is 10.6. The lowest BCUT2D eigenvalue weighted by Gasteiger charge is -2.21. The van der Waals surface area contributed by atoms with E-state index in [1.807, 2.05) is 6.92 Å². The second-order valence-corrected chi connectivity index (χ2v) is 4.67. The standard InChI is InChI=1S/C11H19N3O4/c1-7-3-8(2)14(6-7)11(18)13-4-9(15)12-5-10(16)17/h7-8H,3-6H2,1-2H3,(H,12,15)(H,13,18)(H,16,17). The summed E-state index contributed by atoms with van der Waals surface area (Å²) in [4.78, 5) is 34.9. The first kappa shape index (κ1) is 14.3. The molecule has 102 valence electrons. The molecule has 1 saturated heterocycles. The summed E-state index contributed by atoms with van der Waals surface area (Å²) < 4.78 is 0. The van der Waals surface area contributed by atoms with Crippen LogP contribution in [0.4, 0.5) is 4.79 Å². The summed E-state index contributed by atoms with van der Waals surface area (Å²) >= 11 is 0. The highest BCUT2D eigenvalue weighted by Gasteiger charge is 2.29. The molecule has 7 nitrogen and oxygen atoms in total. The smallest absolute Gasteiger partial charge is 0.322 e. The molecule has 1 rings (SSSR count). The van der Waals surface area contributed by atoms with Gasteiger partial charge in [0.2, 0.25) is 5.91 Å². The Morgan fingerprint density at radius 3 is 2.39 bits per heavy atom. The maximum atomic E-state index is 11.8. The number of rotatable bonds is 4. The maximum Gasteiger partial charge on any atom is 0.322 e. The molecule has 1 aliphatic heterocycles. The molecule has 3 amide bonds. The SMILES string of the molecule is CC1CC(C)N(C(=O)NCC(=O)NCC(=O)O)C1. The number of likely N-dealkylation sites (tertiary alicyclic amines) is 1. The maximum absolute atomic E-state index is 11.8. The Balaban J connectivity index is 2.28. The molecule has 0 saturated carbocycles. The molecule has 1 fully saturated rings. The van der Waals surface area contributed by atoms with Crippen molar-refractivity contribution in [3.05, 3.63) is 0 Å². The minimum absolute atomic E-state index is 0.169. The number of carbonyl (C=O) groups is 3. The second kappa shape index (κ2) is 6.23. The minimum Gasteiger partial charge on any atom is -0.480 e. The van der Waals surface area contributed by atoms with E-state index in [0.29, 0.717) is 12.5 Å². The van der Waals surface area contributed by atoms with E-state index in [-0.39, 0.29) is 18.6 Å². The van der Waals surface area contributed by atoms with Crippen LogP contribution in [0.1, 0.15) is 20.3 Å². The van der Waals surface area contributed by atoms with Gasteiger partial charge in [-0.1, -0.05) is 6.92 Å². The molecule has 1 aliphatic rings. The van der Waals surface area contributed by atoms with Gasteiger partial charge in [0.1, 0.15) is 6.54 Å². The molecule has 0 spiro atoms. The molecule has 0 aromatic carbocycles. The molecular formula is C11H19N3O4. The van der Waals surface area contributed by atoms with Gasteiger partial charge in [-0.25, -0.2) is 4.79 Å². The summed E-state index contributed by atoms with van der Waals surface area (Å²) in [5.74, 6) is -1.16. The monoisotopic (exact) mass is 257 g/mol. The third-order valence-electron chi connectivity index (χ3n) is 2.88.